The van der Waals surface area contributed by atoms with E-state index in [0.717, 1.165) is 22.3 Å². The molecule has 0 fully saturated rings. The van der Waals surface area contributed by atoms with E-state index in [4.69, 9.17) is 0 Å². The van der Waals surface area contributed by atoms with Crippen molar-refractivity contribution >= 4 is 11.7 Å². The summed E-state index contributed by atoms with van der Waals surface area (Å²) in [6.45, 7) is 14.4. The van der Waals surface area contributed by atoms with Crippen LogP contribution in [-0.2, 0) is 21.5 Å². The minimum absolute atomic E-state index is 0.00303. The number of carbonyl (C=O) groups excluding carboxylic acids is 2. The highest BCUT2D eigenvalue weighted by molar-refractivity contribution is 6.09. The van der Waals surface area contributed by atoms with Gasteiger partial charge >= 0.3 is 0 Å². The Bertz CT molecular complexity index is 1040. The summed E-state index contributed by atoms with van der Waals surface area (Å²) in [4.78, 5) is 27.8. The largest absolute Gasteiger partial charge is 0.503 e. The van der Waals surface area contributed by atoms with E-state index in [9.17, 15) is 14.7 Å². The number of aliphatic hydroxyl groups excluding tert-OH is 1. The van der Waals surface area contributed by atoms with Gasteiger partial charge in [0.1, 0.15) is 0 Å². The highest BCUT2D eigenvalue weighted by Crippen LogP contribution is 2.40. The standard InChI is InChI=1S/C27H33NO3/c1-16(2)24(29)22-23(19-10-12-21(13-11-19)27(5,6)7)28(26(31)25(22)30)15-20-14-17(3)8-9-18(20)4/h8-14,16,23,30H,15H2,1-7H3. The summed E-state index contributed by atoms with van der Waals surface area (Å²) in [5.74, 6) is -1.43. The van der Waals surface area contributed by atoms with Crippen molar-refractivity contribution in [1.82, 2.24) is 4.90 Å². The van der Waals surface area contributed by atoms with Crippen LogP contribution in [0.3, 0.4) is 0 Å². The van der Waals surface area contributed by atoms with Crippen molar-refractivity contribution in [2.24, 2.45) is 5.92 Å². The van der Waals surface area contributed by atoms with Crippen LogP contribution >= 0.6 is 0 Å². The molecule has 0 spiro atoms. The van der Waals surface area contributed by atoms with E-state index in [0.29, 0.717) is 6.54 Å². The molecule has 31 heavy (non-hydrogen) atoms. The fraction of sp³-hybridized carbons (Fsp3) is 0.407. The number of aliphatic hydroxyl groups is 1. The first-order chi connectivity index (χ1) is 14.4. The Balaban J connectivity index is 2.10. The molecule has 1 aliphatic rings. The third-order valence-electron chi connectivity index (χ3n) is 6.03. The first kappa shape index (κ1) is 22.8. The van der Waals surface area contributed by atoms with E-state index < -0.39 is 17.7 Å². The average molecular weight is 420 g/mol. The number of Topliss-reactive ketones (excluding diaryl/α,β-unsaturated/α-hetero) is 1. The average Bonchev–Trinajstić information content (AvgIpc) is 2.94. The van der Waals surface area contributed by atoms with Gasteiger partial charge in [-0.05, 0) is 41.5 Å². The van der Waals surface area contributed by atoms with Gasteiger partial charge in [0.05, 0.1) is 11.6 Å². The molecule has 0 bridgehead atoms. The van der Waals surface area contributed by atoms with E-state index in [1.807, 2.05) is 50.2 Å². The zero-order valence-corrected chi connectivity index (χ0v) is 19.6. The molecule has 0 saturated carbocycles. The summed E-state index contributed by atoms with van der Waals surface area (Å²) in [6.07, 6.45) is 0. The van der Waals surface area contributed by atoms with Crippen LogP contribution in [0.2, 0.25) is 0 Å². The lowest BCUT2D eigenvalue weighted by Crippen LogP contribution is -2.31. The lowest BCUT2D eigenvalue weighted by Gasteiger charge is -2.29. The first-order valence-corrected chi connectivity index (χ1v) is 10.9. The molecule has 164 valence electrons. The Morgan fingerprint density at radius 2 is 1.68 bits per heavy atom. The second-order valence-electron chi connectivity index (χ2n) is 9.92. The molecule has 0 saturated heterocycles. The lowest BCUT2D eigenvalue weighted by molar-refractivity contribution is -0.130. The van der Waals surface area contributed by atoms with E-state index in [1.54, 1.807) is 18.7 Å². The van der Waals surface area contributed by atoms with Crippen LogP contribution in [0, 0.1) is 19.8 Å². The molecule has 0 aromatic heterocycles. The summed E-state index contributed by atoms with van der Waals surface area (Å²) in [6, 6.07) is 13.6. The molecule has 1 aliphatic heterocycles. The topological polar surface area (TPSA) is 57.6 Å². The predicted octanol–water partition coefficient (Wildman–Crippen LogP) is 5.72. The van der Waals surface area contributed by atoms with Crippen molar-refractivity contribution in [3.8, 4) is 0 Å². The van der Waals surface area contributed by atoms with Gasteiger partial charge < -0.3 is 10.0 Å². The molecule has 1 atom stereocenters. The number of amides is 1. The zero-order valence-electron chi connectivity index (χ0n) is 19.6. The number of hydrogen-bond acceptors (Lipinski definition) is 3. The van der Waals surface area contributed by atoms with Crippen LogP contribution in [0.15, 0.2) is 53.8 Å². The van der Waals surface area contributed by atoms with Gasteiger partial charge in [0.2, 0.25) is 0 Å². The smallest absolute Gasteiger partial charge is 0.290 e. The maximum Gasteiger partial charge on any atom is 0.290 e. The van der Waals surface area contributed by atoms with Gasteiger partial charge in [0.25, 0.3) is 5.91 Å². The Kier molecular flexibility index (Phi) is 6.13. The van der Waals surface area contributed by atoms with Gasteiger partial charge in [0, 0.05) is 12.5 Å². The van der Waals surface area contributed by atoms with Gasteiger partial charge in [-0.1, -0.05) is 82.6 Å². The zero-order chi connectivity index (χ0) is 23.1. The molecule has 1 amide bonds. The molecular formula is C27H33NO3. The lowest BCUT2D eigenvalue weighted by atomic mass is 9.85. The Morgan fingerprint density at radius 3 is 2.23 bits per heavy atom. The summed E-state index contributed by atoms with van der Waals surface area (Å²) < 4.78 is 0. The maximum atomic E-state index is 13.1. The Morgan fingerprint density at radius 1 is 1.06 bits per heavy atom. The number of rotatable bonds is 5. The minimum Gasteiger partial charge on any atom is -0.503 e. The van der Waals surface area contributed by atoms with Crippen LogP contribution in [0.5, 0.6) is 0 Å². The molecule has 1 heterocycles. The first-order valence-electron chi connectivity index (χ1n) is 10.9. The predicted molar refractivity (Wildman–Crippen MR) is 124 cm³/mol. The van der Waals surface area contributed by atoms with Gasteiger partial charge in [0.15, 0.2) is 11.5 Å². The van der Waals surface area contributed by atoms with Crippen LogP contribution in [-0.4, -0.2) is 21.7 Å². The second kappa shape index (κ2) is 8.33. The third-order valence-corrected chi connectivity index (χ3v) is 6.03. The summed E-state index contributed by atoms with van der Waals surface area (Å²) >= 11 is 0. The van der Waals surface area contributed by atoms with Crippen LogP contribution in [0.1, 0.15) is 68.5 Å². The van der Waals surface area contributed by atoms with Gasteiger partial charge in [-0.2, -0.15) is 0 Å². The normalized spacial score (nSPS) is 17.1. The van der Waals surface area contributed by atoms with E-state index >= 15 is 0 Å². The SMILES string of the molecule is Cc1ccc(C)c(CN2C(=O)C(O)=C(C(=O)C(C)C)C2c2ccc(C(C)(C)C)cc2)c1. The third kappa shape index (κ3) is 4.43. The van der Waals surface area contributed by atoms with Crippen LogP contribution in [0.4, 0.5) is 0 Å². The minimum atomic E-state index is -0.601. The number of ketones is 1. The van der Waals surface area contributed by atoms with E-state index in [-0.39, 0.29) is 22.7 Å². The molecule has 1 N–H and O–H groups in total. The Labute approximate surface area is 185 Å². The van der Waals surface area contributed by atoms with Gasteiger partial charge in [-0.25, -0.2) is 0 Å². The molecule has 1 unspecified atom stereocenters. The highest BCUT2D eigenvalue weighted by Gasteiger charge is 2.44. The van der Waals surface area contributed by atoms with Crippen LogP contribution < -0.4 is 0 Å². The fourth-order valence-electron chi connectivity index (χ4n) is 4.05. The summed E-state index contributed by atoms with van der Waals surface area (Å²) in [5.41, 5.74) is 5.39. The Hall–Kier alpha value is -2.88. The van der Waals surface area contributed by atoms with Crippen molar-refractivity contribution in [3.63, 3.8) is 0 Å². The number of benzene rings is 2. The van der Waals surface area contributed by atoms with E-state index in [2.05, 4.69) is 26.8 Å². The highest BCUT2D eigenvalue weighted by atomic mass is 16.3. The fourth-order valence-corrected chi connectivity index (χ4v) is 4.05. The van der Waals surface area contributed by atoms with Crippen molar-refractivity contribution in [1.29, 1.82) is 0 Å². The molecule has 3 rings (SSSR count). The molecule has 4 heteroatoms. The van der Waals surface area contributed by atoms with Gasteiger partial charge in [-0.3, -0.25) is 9.59 Å². The van der Waals surface area contributed by atoms with Gasteiger partial charge in [-0.15, -0.1) is 0 Å². The van der Waals surface area contributed by atoms with Crippen LogP contribution in [0.25, 0.3) is 0 Å². The van der Waals surface area contributed by atoms with Crippen molar-refractivity contribution in [3.05, 3.63) is 81.6 Å². The number of carbonyl (C=O) groups is 2. The second-order valence-corrected chi connectivity index (χ2v) is 9.92. The summed E-state index contributed by atoms with van der Waals surface area (Å²) in [7, 11) is 0. The van der Waals surface area contributed by atoms with Crippen molar-refractivity contribution in [2.45, 2.75) is 66.5 Å². The monoisotopic (exact) mass is 419 g/mol. The molecule has 0 radical (unpaired) electrons. The maximum absolute atomic E-state index is 13.1. The number of aryl methyl sites for hydroxylation is 2. The quantitative estimate of drug-likeness (QED) is 0.674. The molecule has 4 nitrogen and oxygen atoms in total. The summed E-state index contributed by atoms with van der Waals surface area (Å²) in [5, 5.41) is 10.7. The molecule has 2 aromatic carbocycles. The molecular weight excluding hydrogens is 386 g/mol. The van der Waals surface area contributed by atoms with Crippen molar-refractivity contribution < 1.29 is 14.7 Å². The molecule has 2 aromatic rings. The number of hydrogen-bond donors (Lipinski definition) is 1. The van der Waals surface area contributed by atoms with Crippen molar-refractivity contribution in [2.75, 3.05) is 0 Å². The van der Waals surface area contributed by atoms with E-state index in [1.165, 1.54) is 5.56 Å². The number of nitrogens with zero attached hydrogens (tertiary/aromatic N) is 1. The molecule has 0 aliphatic carbocycles.